The fraction of sp³-hybridized carbons (Fsp3) is 0.500. The van der Waals surface area contributed by atoms with Crippen molar-refractivity contribution in [3.8, 4) is 11.9 Å². The molecular formula is C12H13ClF3N3O. The Kier molecular flexibility index (Phi) is 5.60. The summed E-state index contributed by atoms with van der Waals surface area (Å²) in [5, 5.41) is 11.9. The van der Waals surface area contributed by atoms with Crippen LogP contribution < -0.4 is 10.1 Å². The van der Waals surface area contributed by atoms with Crippen LogP contribution in [-0.2, 0) is 6.18 Å². The number of halogens is 4. The van der Waals surface area contributed by atoms with Gasteiger partial charge in [-0.05, 0) is 32.0 Å². The van der Waals surface area contributed by atoms with E-state index < -0.39 is 11.9 Å². The summed E-state index contributed by atoms with van der Waals surface area (Å²) in [6, 6.07) is 3.64. The van der Waals surface area contributed by atoms with Crippen molar-refractivity contribution < 1.29 is 17.9 Å². The van der Waals surface area contributed by atoms with Gasteiger partial charge in [0, 0.05) is 6.07 Å². The van der Waals surface area contributed by atoms with E-state index in [0.29, 0.717) is 12.8 Å². The summed E-state index contributed by atoms with van der Waals surface area (Å²) in [4.78, 5) is 3.43. The minimum absolute atomic E-state index is 0. The molecule has 0 saturated carbocycles. The minimum Gasteiger partial charge on any atom is -0.474 e. The number of nitrogens with zero attached hydrogens (tertiary/aromatic N) is 2. The van der Waals surface area contributed by atoms with Crippen molar-refractivity contribution in [2.75, 3.05) is 13.1 Å². The first-order chi connectivity index (χ1) is 8.99. The highest BCUT2D eigenvalue weighted by molar-refractivity contribution is 5.85. The number of aromatic nitrogens is 1. The van der Waals surface area contributed by atoms with Gasteiger partial charge in [-0.15, -0.1) is 12.4 Å². The van der Waals surface area contributed by atoms with E-state index >= 15 is 0 Å². The average Bonchev–Trinajstić information content (AvgIpc) is 2.38. The third kappa shape index (κ3) is 4.25. The molecule has 1 aromatic rings. The number of rotatable bonds is 2. The van der Waals surface area contributed by atoms with Gasteiger partial charge in [-0.2, -0.15) is 18.4 Å². The first-order valence-corrected chi connectivity index (χ1v) is 5.86. The Bertz CT molecular complexity index is 496. The molecule has 2 rings (SSSR count). The lowest BCUT2D eigenvalue weighted by Crippen LogP contribution is -2.34. The standard InChI is InChI=1S/C12H12F3N3O.ClH/c13-12(14,15)10-5-8(7-16)6-11(18-10)19-9-1-3-17-4-2-9;/h5-6,9,17H,1-4H2;1H. The monoisotopic (exact) mass is 307 g/mol. The molecular weight excluding hydrogens is 295 g/mol. The number of alkyl halides is 3. The summed E-state index contributed by atoms with van der Waals surface area (Å²) in [5.41, 5.74) is -1.21. The quantitative estimate of drug-likeness (QED) is 0.912. The zero-order valence-electron chi connectivity index (χ0n) is 10.4. The molecule has 8 heteroatoms. The van der Waals surface area contributed by atoms with E-state index in [-0.39, 0.29) is 30.0 Å². The summed E-state index contributed by atoms with van der Waals surface area (Å²) >= 11 is 0. The third-order valence-corrected chi connectivity index (χ3v) is 2.79. The van der Waals surface area contributed by atoms with Gasteiger partial charge in [-0.1, -0.05) is 0 Å². The van der Waals surface area contributed by atoms with Crippen LogP contribution in [0, 0.1) is 11.3 Å². The lowest BCUT2D eigenvalue weighted by atomic mass is 10.1. The summed E-state index contributed by atoms with van der Waals surface area (Å²) in [5.74, 6) is -0.140. The van der Waals surface area contributed by atoms with E-state index in [0.717, 1.165) is 19.2 Å². The van der Waals surface area contributed by atoms with Crippen LogP contribution >= 0.6 is 12.4 Å². The molecule has 4 nitrogen and oxygen atoms in total. The summed E-state index contributed by atoms with van der Waals surface area (Å²) in [6.07, 6.45) is -3.33. The third-order valence-electron chi connectivity index (χ3n) is 2.79. The number of hydrogen-bond donors (Lipinski definition) is 1. The highest BCUT2D eigenvalue weighted by Gasteiger charge is 2.33. The van der Waals surface area contributed by atoms with Gasteiger partial charge in [0.2, 0.25) is 5.88 Å². The Morgan fingerprint density at radius 2 is 1.95 bits per heavy atom. The first-order valence-electron chi connectivity index (χ1n) is 5.86. The molecule has 0 aromatic carbocycles. The topological polar surface area (TPSA) is 57.9 Å². The van der Waals surface area contributed by atoms with E-state index in [1.54, 1.807) is 6.07 Å². The zero-order chi connectivity index (χ0) is 13.9. The first kappa shape index (κ1) is 16.5. The van der Waals surface area contributed by atoms with Crippen LogP contribution in [0.5, 0.6) is 5.88 Å². The largest absolute Gasteiger partial charge is 0.474 e. The molecule has 1 aromatic heterocycles. The molecule has 0 spiro atoms. The minimum atomic E-state index is -4.58. The SMILES string of the molecule is Cl.N#Cc1cc(OC2CCNCC2)nc(C(F)(F)F)c1. The Balaban J connectivity index is 0.00000200. The van der Waals surface area contributed by atoms with Crippen LogP contribution in [0.1, 0.15) is 24.1 Å². The second-order valence-corrected chi connectivity index (χ2v) is 4.26. The number of nitrogens with one attached hydrogen (secondary N) is 1. The Hall–Kier alpha value is -1.52. The van der Waals surface area contributed by atoms with Crippen molar-refractivity contribution in [3.63, 3.8) is 0 Å². The summed E-state index contributed by atoms with van der Waals surface area (Å²) < 4.78 is 43.3. The van der Waals surface area contributed by atoms with Gasteiger partial charge in [0.15, 0.2) is 0 Å². The summed E-state index contributed by atoms with van der Waals surface area (Å²) in [7, 11) is 0. The van der Waals surface area contributed by atoms with Gasteiger partial charge < -0.3 is 10.1 Å². The Labute approximate surface area is 120 Å². The molecule has 20 heavy (non-hydrogen) atoms. The predicted molar refractivity (Wildman–Crippen MR) is 67.7 cm³/mol. The lowest BCUT2D eigenvalue weighted by Gasteiger charge is -2.23. The molecule has 0 unspecified atom stereocenters. The second kappa shape index (κ2) is 6.77. The average molecular weight is 308 g/mol. The van der Waals surface area contributed by atoms with Gasteiger partial charge in [0.05, 0.1) is 11.6 Å². The molecule has 0 bridgehead atoms. The number of hydrogen-bond acceptors (Lipinski definition) is 4. The van der Waals surface area contributed by atoms with Crippen LogP contribution in [0.3, 0.4) is 0 Å². The van der Waals surface area contributed by atoms with Gasteiger partial charge in [0.25, 0.3) is 0 Å². The molecule has 0 aliphatic carbocycles. The molecule has 1 fully saturated rings. The van der Waals surface area contributed by atoms with E-state index in [1.807, 2.05) is 0 Å². The molecule has 1 aliphatic rings. The van der Waals surface area contributed by atoms with Crippen LogP contribution in [0.4, 0.5) is 13.2 Å². The van der Waals surface area contributed by atoms with Crippen LogP contribution in [0.25, 0.3) is 0 Å². The maximum Gasteiger partial charge on any atom is 0.433 e. The van der Waals surface area contributed by atoms with Crippen LogP contribution in [0.2, 0.25) is 0 Å². The van der Waals surface area contributed by atoms with Gasteiger partial charge in [0.1, 0.15) is 11.8 Å². The van der Waals surface area contributed by atoms with E-state index in [9.17, 15) is 13.2 Å². The fourth-order valence-electron chi connectivity index (χ4n) is 1.86. The van der Waals surface area contributed by atoms with Crippen molar-refractivity contribution in [2.45, 2.75) is 25.1 Å². The van der Waals surface area contributed by atoms with E-state index in [1.165, 1.54) is 6.07 Å². The number of ether oxygens (including phenoxy) is 1. The lowest BCUT2D eigenvalue weighted by molar-refractivity contribution is -0.141. The number of pyridine rings is 1. The van der Waals surface area contributed by atoms with Crippen molar-refractivity contribution in [2.24, 2.45) is 0 Å². The molecule has 110 valence electrons. The Morgan fingerprint density at radius 1 is 1.30 bits per heavy atom. The molecule has 1 saturated heterocycles. The van der Waals surface area contributed by atoms with Crippen LogP contribution in [-0.4, -0.2) is 24.2 Å². The highest BCUT2D eigenvalue weighted by Crippen LogP contribution is 2.30. The number of piperidine rings is 1. The zero-order valence-corrected chi connectivity index (χ0v) is 11.2. The number of nitriles is 1. The Morgan fingerprint density at radius 3 is 2.50 bits per heavy atom. The highest BCUT2D eigenvalue weighted by atomic mass is 35.5. The second-order valence-electron chi connectivity index (χ2n) is 4.26. The molecule has 1 N–H and O–H groups in total. The van der Waals surface area contributed by atoms with Crippen molar-refractivity contribution in [1.82, 2.24) is 10.3 Å². The normalized spacial score (nSPS) is 16.1. The van der Waals surface area contributed by atoms with Gasteiger partial charge in [-0.3, -0.25) is 0 Å². The molecule has 1 aliphatic heterocycles. The van der Waals surface area contributed by atoms with Gasteiger partial charge in [-0.25, -0.2) is 4.98 Å². The maximum atomic E-state index is 12.6. The predicted octanol–water partition coefficient (Wildman–Crippen LogP) is 2.52. The van der Waals surface area contributed by atoms with E-state index in [2.05, 4.69) is 10.3 Å². The molecule has 2 heterocycles. The fourth-order valence-corrected chi connectivity index (χ4v) is 1.86. The van der Waals surface area contributed by atoms with Crippen molar-refractivity contribution in [1.29, 1.82) is 5.26 Å². The maximum absolute atomic E-state index is 12.6. The smallest absolute Gasteiger partial charge is 0.433 e. The summed E-state index contributed by atoms with van der Waals surface area (Å²) in [6.45, 7) is 1.52. The van der Waals surface area contributed by atoms with Crippen molar-refractivity contribution >= 4 is 12.4 Å². The molecule has 0 atom stereocenters. The molecule has 0 amide bonds. The van der Waals surface area contributed by atoms with Crippen LogP contribution in [0.15, 0.2) is 12.1 Å². The molecule has 0 radical (unpaired) electrons. The van der Waals surface area contributed by atoms with Gasteiger partial charge >= 0.3 is 6.18 Å². The van der Waals surface area contributed by atoms with Crippen molar-refractivity contribution in [3.05, 3.63) is 23.4 Å². The van der Waals surface area contributed by atoms with E-state index in [4.69, 9.17) is 10.00 Å².